The predicted molar refractivity (Wildman–Crippen MR) is 91.4 cm³/mol. The topological polar surface area (TPSA) is 62.1 Å². The number of nitrogens with zero attached hydrogens (tertiary/aromatic N) is 1. The third-order valence-electron chi connectivity index (χ3n) is 3.53. The van der Waals surface area contributed by atoms with E-state index in [9.17, 15) is 23.2 Å². The van der Waals surface area contributed by atoms with Crippen LogP contribution in [0.25, 0.3) is 6.08 Å². The largest absolute Gasteiger partial charge is 0.496 e. The van der Waals surface area contributed by atoms with Gasteiger partial charge in [0.2, 0.25) is 0 Å². The zero-order chi connectivity index (χ0) is 19.3. The van der Waals surface area contributed by atoms with E-state index in [2.05, 4.69) is 5.32 Å². The summed E-state index contributed by atoms with van der Waals surface area (Å²) in [5.74, 6) is -0.500. The molecule has 1 N–H and O–H groups in total. The van der Waals surface area contributed by atoms with Crippen LogP contribution in [0.15, 0.2) is 48.0 Å². The number of hydrogen-bond acceptors (Lipinski definition) is 3. The van der Waals surface area contributed by atoms with E-state index in [4.69, 9.17) is 4.74 Å². The molecular formula is C19H15F3N2O2. The molecule has 0 saturated heterocycles. The van der Waals surface area contributed by atoms with Gasteiger partial charge in [-0.25, -0.2) is 0 Å². The maximum Gasteiger partial charge on any atom is 0.418 e. The van der Waals surface area contributed by atoms with E-state index in [-0.39, 0.29) is 5.57 Å². The molecule has 0 aromatic heterocycles. The number of hydrogen-bond donors (Lipinski definition) is 1. The number of para-hydroxylation sites is 1. The zero-order valence-electron chi connectivity index (χ0n) is 14.0. The summed E-state index contributed by atoms with van der Waals surface area (Å²) in [5.41, 5.74) is -0.396. The lowest BCUT2D eigenvalue weighted by molar-refractivity contribution is -0.137. The molecule has 134 valence electrons. The maximum absolute atomic E-state index is 13.0. The van der Waals surface area contributed by atoms with E-state index in [0.717, 1.165) is 17.7 Å². The molecule has 0 aliphatic rings. The minimum absolute atomic E-state index is 0.342. The third-order valence-corrected chi connectivity index (χ3v) is 3.53. The molecule has 2 aromatic rings. The fraction of sp³-hybridized carbons (Fsp3) is 0.158. The van der Waals surface area contributed by atoms with Gasteiger partial charge in [-0.2, -0.15) is 18.4 Å². The van der Waals surface area contributed by atoms with Crippen LogP contribution in [-0.2, 0) is 11.0 Å². The van der Waals surface area contributed by atoms with Gasteiger partial charge >= 0.3 is 6.18 Å². The number of halogens is 3. The van der Waals surface area contributed by atoms with Crippen molar-refractivity contribution < 1.29 is 22.7 Å². The van der Waals surface area contributed by atoms with Gasteiger partial charge in [0.15, 0.2) is 0 Å². The van der Waals surface area contributed by atoms with Crippen LogP contribution in [0, 0.1) is 18.3 Å². The predicted octanol–water partition coefficient (Wildman–Crippen LogP) is 4.57. The minimum atomic E-state index is -4.62. The highest BCUT2D eigenvalue weighted by Gasteiger charge is 2.33. The van der Waals surface area contributed by atoms with Gasteiger partial charge in [0.05, 0.1) is 18.4 Å². The van der Waals surface area contributed by atoms with E-state index < -0.39 is 23.3 Å². The Labute approximate surface area is 148 Å². The molecule has 0 atom stereocenters. The highest BCUT2D eigenvalue weighted by atomic mass is 19.4. The number of rotatable bonds is 4. The first kappa shape index (κ1) is 19.1. The molecule has 0 fully saturated rings. The van der Waals surface area contributed by atoms with Crippen molar-refractivity contribution in [3.8, 4) is 11.8 Å². The summed E-state index contributed by atoms with van der Waals surface area (Å²) < 4.78 is 44.2. The molecule has 0 spiro atoms. The molecule has 0 saturated carbocycles. The first-order valence-corrected chi connectivity index (χ1v) is 7.50. The summed E-state index contributed by atoms with van der Waals surface area (Å²) in [6.45, 7) is 1.82. The molecule has 0 radical (unpaired) electrons. The molecule has 0 heterocycles. The number of nitrogens with one attached hydrogen (secondary N) is 1. The SMILES string of the molecule is COc1ccc(C)cc1/C=C(\C#N)C(=O)Nc1ccccc1C(F)(F)F. The van der Waals surface area contributed by atoms with Crippen LogP contribution in [0.2, 0.25) is 0 Å². The van der Waals surface area contributed by atoms with E-state index in [0.29, 0.717) is 11.3 Å². The summed E-state index contributed by atoms with van der Waals surface area (Å²) in [6, 6.07) is 11.4. The third kappa shape index (κ3) is 4.42. The average Bonchev–Trinajstić information content (AvgIpc) is 2.59. The van der Waals surface area contributed by atoms with Crippen molar-refractivity contribution in [3.05, 3.63) is 64.7 Å². The fourth-order valence-corrected chi connectivity index (χ4v) is 2.30. The van der Waals surface area contributed by atoms with Crippen molar-refractivity contribution in [2.75, 3.05) is 12.4 Å². The van der Waals surface area contributed by atoms with E-state index in [1.165, 1.54) is 25.3 Å². The first-order valence-electron chi connectivity index (χ1n) is 7.50. The summed E-state index contributed by atoms with van der Waals surface area (Å²) in [4.78, 5) is 12.3. The Balaban J connectivity index is 2.37. The summed E-state index contributed by atoms with van der Waals surface area (Å²) in [7, 11) is 1.44. The normalized spacial score (nSPS) is 11.6. The van der Waals surface area contributed by atoms with Crippen molar-refractivity contribution in [3.63, 3.8) is 0 Å². The van der Waals surface area contributed by atoms with Crippen molar-refractivity contribution in [1.82, 2.24) is 0 Å². The number of methoxy groups -OCH3 is 1. The lowest BCUT2D eigenvalue weighted by Crippen LogP contribution is -2.17. The Hall–Kier alpha value is -3.27. The summed E-state index contributed by atoms with van der Waals surface area (Å²) in [6.07, 6.45) is -3.35. The highest BCUT2D eigenvalue weighted by Crippen LogP contribution is 2.34. The second-order valence-corrected chi connectivity index (χ2v) is 5.41. The molecular weight excluding hydrogens is 345 g/mol. The average molecular weight is 360 g/mol. The lowest BCUT2D eigenvalue weighted by Gasteiger charge is -2.13. The molecule has 1 amide bonds. The van der Waals surface area contributed by atoms with Crippen LogP contribution in [0.4, 0.5) is 18.9 Å². The molecule has 7 heteroatoms. The molecule has 26 heavy (non-hydrogen) atoms. The van der Waals surface area contributed by atoms with Gasteiger partial charge in [-0.1, -0.05) is 23.8 Å². The lowest BCUT2D eigenvalue weighted by atomic mass is 10.1. The number of carbonyl (C=O) groups is 1. The van der Waals surface area contributed by atoms with Crippen molar-refractivity contribution >= 4 is 17.7 Å². The molecule has 2 aromatic carbocycles. The van der Waals surface area contributed by atoms with Crippen LogP contribution in [0.3, 0.4) is 0 Å². The zero-order valence-corrected chi connectivity index (χ0v) is 14.0. The van der Waals surface area contributed by atoms with Gasteiger partial charge in [-0.15, -0.1) is 0 Å². The Morgan fingerprint density at radius 1 is 1.23 bits per heavy atom. The molecule has 0 aliphatic carbocycles. The van der Waals surface area contributed by atoms with E-state index in [1.807, 2.05) is 6.92 Å². The number of alkyl halides is 3. The maximum atomic E-state index is 13.0. The van der Waals surface area contributed by atoms with Crippen LogP contribution >= 0.6 is 0 Å². The summed E-state index contributed by atoms with van der Waals surface area (Å²) >= 11 is 0. The number of ether oxygens (including phenoxy) is 1. The number of anilines is 1. The van der Waals surface area contributed by atoms with Crippen LogP contribution in [0.5, 0.6) is 5.75 Å². The molecule has 0 bridgehead atoms. The standard InChI is InChI=1S/C19H15F3N2O2/c1-12-7-8-17(26-2)13(9-12)10-14(11-23)18(25)24-16-6-4-3-5-15(16)19(20,21)22/h3-10H,1-2H3,(H,24,25)/b14-10+. The first-order chi connectivity index (χ1) is 12.3. The Morgan fingerprint density at radius 3 is 2.54 bits per heavy atom. The number of benzene rings is 2. The van der Waals surface area contributed by atoms with Crippen molar-refractivity contribution in [2.24, 2.45) is 0 Å². The van der Waals surface area contributed by atoms with Crippen molar-refractivity contribution in [2.45, 2.75) is 13.1 Å². The second kappa shape index (κ2) is 7.74. The Morgan fingerprint density at radius 2 is 1.92 bits per heavy atom. The minimum Gasteiger partial charge on any atom is -0.496 e. The second-order valence-electron chi connectivity index (χ2n) is 5.41. The summed E-state index contributed by atoms with van der Waals surface area (Å²) in [5, 5.41) is 11.4. The van der Waals surface area contributed by atoms with Crippen molar-refractivity contribution in [1.29, 1.82) is 5.26 Å². The fourth-order valence-electron chi connectivity index (χ4n) is 2.30. The van der Waals surface area contributed by atoms with Gasteiger partial charge in [-0.3, -0.25) is 4.79 Å². The molecule has 0 unspecified atom stereocenters. The smallest absolute Gasteiger partial charge is 0.418 e. The van der Waals surface area contributed by atoms with Gasteiger partial charge < -0.3 is 10.1 Å². The van der Waals surface area contributed by atoms with Crippen LogP contribution in [0.1, 0.15) is 16.7 Å². The molecule has 0 aliphatic heterocycles. The monoisotopic (exact) mass is 360 g/mol. The Bertz CT molecular complexity index is 896. The molecule has 4 nitrogen and oxygen atoms in total. The molecule has 2 rings (SSSR count). The van der Waals surface area contributed by atoms with Gasteiger partial charge in [0, 0.05) is 5.56 Å². The van der Waals surface area contributed by atoms with E-state index in [1.54, 1.807) is 24.3 Å². The number of carbonyl (C=O) groups excluding carboxylic acids is 1. The Kier molecular flexibility index (Phi) is 5.68. The van der Waals surface area contributed by atoms with Gasteiger partial charge in [-0.05, 0) is 37.3 Å². The highest BCUT2D eigenvalue weighted by molar-refractivity contribution is 6.10. The number of amides is 1. The van der Waals surface area contributed by atoms with Gasteiger partial charge in [0.1, 0.15) is 17.4 Å². The quantitative estimate of drug-likeness (QED) is 0.642. The number of nitriles is 1. The van der Waals surface area contributed by atoms with Gasteiger partial charge in [0.25, 0.3) is 5.91 Å². The van der Waals surface area contributed by atoms with Crippen LogP contribution in [-0.4, -0.2) is 13.0 Å². The van der Waals surface area contributed by atoms with E-state index >= 15 is 0 Å². The van der Waals surface area contributed by atoms with Crippen LogP contribution < -0.4 is 10.1 Å². The number of aryl methyl sites for hydroxylation is 1.